The highest BCUT2D eigenvalue weighted by atomic mass is 19.1. The minimum absolute atomic E-state index is 0.000000000000000222. The van der Waals surface area contributed by atoms with Crippen molar-refractivity contribution in [2.75, 3.05) is 7.11 Å². The van der Waals surface area contributed by atoms with Crippen LogP contribution in [0.25, 0.3) is 0 Å². The van der Waals surface area contributed by atoms with Crippen molar-refractivity contribution in [3.8, 4) is 11.8 Å². The van der Waals surface area contributed by atoms with Gasteiger partial charge >= 0.3 is 0 Å². The summed E-state index contributed by atoms with van der Waals surface area (Å²) in [5, 5.41) is 8.68. The molecule has 0 atom stereocenters. The molecule has 0 bridgehead atoms. The molecule has 3 nitrogen and oxygen atoms in total. The van der Waals surface area contributed by atoms with Crippen LogP contribution in [-0.2, 0) is 0 Å². The summed E-state index contributed by atoms with van der Waals surface area (Å²) in [4.78, 5) is 11.1. The Morgan fingerprint density at radius 3 is 2.64 bits per heavy atom. The van der Waals surface area contributed by atoms with E-state index in [-0.39, 0.29) is 16.9 Å². The average Bonchev–Trinajstić information content (AvgIpc) is 2.16. The van der Waals surface area contributed by atoms with Crippen molar-refractivity contribution in [2.45, 2.75) is 6.92 Å². The van der Waals surface area contributed by atoms with E-state index in [2.05, 4.69) is 0 Å². The van der Waals surface area contributed by atoms with E-state index in [0.717, 1.165) is 6.07 Å². The molecule has 0 saturated carbocycles. The van der Waals surface area contributed by atoms with Crippen molar-refractivity contribution >= 4 is 5.78 Å². The maximum atomic E-state index is 13.2. The smallest absolute Gasteiger partial charge is 0.166 e. The summed E-state index contributed by atoms with van der Waals surface area (Å²) in [5.74, 6) is -1.13. The fourth-order valence-electron chi connectivity index (χ4n) is 1.19. The Morgan fingerprint density at radius 2 is 2.21 bits per heavy atom. The summed E-state index contributed by atoms with van der Waals surface area (Å²) in [6.07, 6.45) is 0. The molecule has 1 aromatic carbocycles. The third-order valence-corrected chi connectivity index (χ3v) is 1.78. The van der Waals surface area contributed by atoms with E-state index in [1.165, 1.54) is 20.1 Å². The molecule has 0 amide bonds. The summed E-state index contributed by atoms with van der Waals surface area (Å²) in [5.41, 5.74) is -0.0225. The Labute approximate surface area is 80.7 Å². The van der Waals surface area contributed by atoms with E-state index in [4.69, 9.17) is 10.00 Å². The number of rotatable bonds is 2. The summed E-state index contributed by atoms with van der Waals surface area (Å²) in [7, 11) is 1.29. The second kappa shape index (κ2) is 3.88. The molecule has 14 heavy (non-hydrogen) atoms. The second-order valence-corrected chi connectivity index (χ2v) is 2.67. The molecule has 0 aliphatic heterocycles. The number of hydrogen-bond acceptors (Lipinski definition) is 3. The van der Waals surface area contributed by atoms with Gasteiger partial charge in [0, 0.05) is 0 Å². The van der Waals surface area contributed by atoms with Gasteiger partial charge in [-0.05, 0) is 19.1 Å². The number of methoxy groups -OCH3 is 1. The molecule has 0 saturated heterocycles. The van der Waals surface area contributed by atoms with E-state index < -0.39 is 11.6 Å². The first-order chi connectivity index (χ1) is 6.61. The molecule has 0 aromatic heterocycles. The van der Waals surface area contributed by atoms with E-state index in [1.54, 1.807) is 0 Å². The lowest BCUT2D eigenvalue weighted by Gasteiger charge is -2.07. The second-order valence-electron chi connectivity index (χ2n) is 2.67. The van der Waals surface area contributed by atoms with Gasteiger partial charge in [0.15, 0.2) is 5.78 Å². The van der Waals surface area contributed by atoms with Gasteiger partial charge in [0.25, 0.3) is 0 Å². The number of benzene rings is 1. The summed E-state index contributed by atoms with van der Waals surface area (Å²) in [6.45, 7) is 1.22. The highest BCUT2D eigenvalue weighted by Gasteiger charge is 2.17. The van der Waals surface area contributed by atoms with Crippen LogP contribution in [0.4, 0.5) is 4.39 Å². The molecular weight excluding hydrogens is 185 g/mol. The minimum Gasteiger partial charge on any atom is -0.494 e. The summed E-state index contributed by atoms with van der Waals surface area (Å²) in [6, 6.07) is 4.18. The topological polar surface area (TPSA) is 50.1 Å². The zero-order valence-corrected chi connectivity index (χ0v) is 7.80. The normalized spacial score (nSPS) is 9.29. The molecule has 0 fully saturated rings. The summed E-state index contributed by atoms with van der Waals surface area (Å²) < 4.78 is 18.0. The number of carbonyl (C=O) groups is 1. The first kappa shape index (κ1) is 10.2. The number of hydrogen-bond donors (Lipinski definition) is 0. The van der Waals surface area contributed by atoms with Crippen molar-refractivity contribution in [3.63, 3.8) is 0 Å². The highest BCUT2D eigenvalue weighted by molar-refractivity contribution is 5.97. The van der Waals surface area contributed by atoms with Crippen molar-refractivity contribution in [3.05, 3.63) is 29.1 Å². The highest BCUT2D eigenvalue weighted by Crippen LogP contribution is 2.26. The van der Waals surface area contributed by atoms with Crippen LogP contribution in [0.15, 0.2) is 12.1 Å². The number of halogens is 1. The van der Waals surface area contributed by atoms with Gasteiger partial charge in [-0.2, -0.15) is 5.26 Å². The molecule has 1 rings (SSSR count). The first-order valence-electron chi connectivity index (χ1n) is 3.89. The molecule has 0 radical (unpaired) electrons. The van der Waals surface area contributed by atoms with Crippen LogP contribution in [0.5, 0.6) is 5.75 Å². The van der Waals surface area contributed by atoms with Gasteiger partial charge in [-0.1, -0.05) is 0 Å². The number of nitriles is 1. The van der Waals surface area contributed by atoms with Gasteiger partial charge in [0.2, 0.25) is 0 Å². The maximum Gasteiger partial charge on any atom is 0.166 e. The monoisotopic (exact) mass is 193 g/mol. The molecule has 0 aliphatic rings. The van der Waals surface area contributed by atoms with Gasteiger partial charge < -0.3 is 4.74 Å². The Morgan fingerprint density at radius 1 is 1.57 bits per heavy atom. The van der Waals surface area contributed by atoms with Crippen molar-refractivity contribution in [1.82, 2.24) is 0 Å². The zero-order valence-electron chi connectivity index (χ0n) is 7.80. The van der Waals surface area contributed by atoms with Crippen LogP contribution in [0.1, 0.15) is 22.8 Å². The number of ketones is 1. The molecule has 0 heterocycles. The molecular formula is C10H8FNO2. The fraction of sp³-hybridized carbons (Fsp3) is 0.200. The molecule has 0 unspecified atom stereocenters. The predicted molar refractivity (Wildman–Crippen MR) is 47.7 cm³/mol. The Hall–Kier alpha value is -1.89. The van der Waals surface area contributed by atoms with Gasteiger partial charge in [-0.3, -0.25) is 4.79 Å². The lowest BCUT2D eigenvalue weighted by molar-refractivity contribution is 0.101. The van der Waals surface area contributed by atoms with E-state index in [9.17, 15) is 9.18 Å². The summed E-state index contributed by atoms with van der Waals surface area (Å²) >= 11 is 0. The van der Waals surface area contributed by atoms with Crippen LogP contribution >= 0.6 is 0 Å². The minimum atomic E-state index is -0.673. The molecule has 0 N–H and O–H groups in total. The number of Topliss-reactive ketones (excluding diaryl/α,β-unsaturated/α-hetero) is 1. The predicted octanol–water partition coefficient (Wildman–Crippen LogP) is 1.91. The molecule has 0 spiro atoms. The molecule has 72 valence electrons. The van der Waals surface area contributed by atoms with Crippen LogP contribution in [0.3, 0.4) is 0 Å². The van der Waals surface area contributed by atoms with E-state index in [0.29, 0.717) is 0 Å². The Bertz CT molecular complexity index is 421. The number of nitrogens with zero attached hydrogens (tertiary/aromatic N) is 1. The van der Waals surface area contributed by atoms with Crippen molar-refractivity contribution in [2.24, 2.45) is 0 Å². The average molecular weight is 193 g/mol. The van der Waals surface area contributed by atoms with Gasteiger partial charge in [-0.25, -0.2) is 4.39 Å². The third-order valence-electron chi connectivity index (χ3n) is 1.78. The van der Waals surface area contributed by atoms with Crippen molar-refractivity contribution < 1.29 is 13.9 Å². The quantitative estimate of drug-likeness (QED) is 0.674. The SMILES string of the molecule is COc1c(C#N)ccc(F)c1C(C)=O. The first-order valence-corrected chi connectivity index (χ1v) is 3.89. The van der Waals surface area contributed by atoms with Crippen LogP contribution in [0.2, 0.25) is 0 Å². The van der Waals surface area contributed by atoms with Gasteiger partial charge in [0.05, 0.1) is 18.2 Å². The largest absolute Gasteiger partial charge is 0.494 e. The van der Waals surface area contributed by atoms with Crippen LogP contribution < -0.4 is 4.74 Å². The molecule has 4 heteroatoms. The van der Waals surface area contributed by atoms with Gasteiger partial charge in [0.1, 0.15) is 17.6 Å². The fourth-order valence-corrected chi connectivity index (χ4v) is 1.19. The van der Waals surface area contributed by atoms with Crippen LogP contribution in [0, 0.1) is 17.1 Å². The van der Waals surface area contributed by atoms with Crippen LogP contribution in [-0.4, -0.2) is 12.9 Å². The Kier molecular flexibility index (Phi) is 2.82. The lowest BCUT2D eigenvalue weighted by Crippen LogP contribution is -2.03. The van der Waals surface area contributed by atoms with Gasteiger partial charge in [-0.15, -0.1) is 0 Å². The maximum absolute atomic E-state index is 13.2. The number of ether oxygens (including phenoxy) is 1. The Balaban J connectivity index is 3.53. The standard InChI is InChI=1S/C10H8FNO2/c1-6(13)9-8(11)4-3-7(5-12)10(9)14-2/h3-4H,1-2H3. The van der Waals surface area contributed by atoms with Crippen molar-refractivity contribution in [1.29, 1.82) is 5.26 Å². The van der Waals surface area contributed by atoms with E-state index >= 15 is 0 Å². The third kappa shape index (κ3) is 1.57. The lowest BCUT2D eigenvalue weighted by atomic mass is 10.1. The molecule has 0 aliphatic carbocycles. The van der Waals surface area contributed by atoms with E-state index in [1.807, 2.05) is 6.07 Å². The molecule has 1 aromatic rings. The number of carbonyl (C=O) groups excluding carboxylic acids is 1. The zero-order chi connectivity index (χ0) is 10.7.